The van der Waals surface area contributed by atoms with Crippen LogP contribution in [0.15, 0.2) is 53.0 Å². The molecule has 0 saturated heterocycles. The minimum absolute atomic E-state index is 0.0639. The minimum atomic E-state index is -0.604. The molecular formula is C16H14BrFO2. The summed E-state index contributed by atoms with van der Waals surface area (Å²) < 4.78 is 18.9. The van der Waals surface area contributed by atoms with E-state index >= 15 is 0 Å². The topological polar surface area (TPSA) is 26.3 Å². The van der Waals surface area contributed by atoms with Gasteiger partial charge in [-0.15, -0.1) is 0 Å². The molecule has 1 atom stereocenters. The Hall–Kier alpha value is -1.52. The number of ketones is 1. The number of methoxy groups -OCH3 is 1. The summed E-state index contributed by atoms with van der Waals surface area (Å²) >= 11 is 3.27. The van der Waals surface area contributed by atoms with Gasteiger partial charge in [0.2, 0.25) is 0 Å². The Morgan fingerprint density at radius 1 is 1.25 bits per heavy atom. The van der Waals surface area contributed by atoms with E-state index in [0.29, 0.717) is 4.47 Å². The summed E-state index contributed by atoms with van der Waals surface area (Å²) in [6, 6.07) is 13.6. The monoisotopic (exact) mass is 336 g/mol. The van der Waals surface area contributed by atoms with Gasteiger partial charge in [0.15, 0.2) is 5.78 Å². The van der Waals surface area contributed by atoms with E-state index in [0.717, 1.165) is 11.1 Å². The Morgan fingerprint density at radius 2 is 1.95 bits per heavy atom. The smallest absolute Gasteiger partial charge is 0.170 e. The van der Waals surface area contributed by atoms with Crippen LogP contribution in [-0.4, -0.2) is 12.9 Å². The maximum absolute atomic E-state index is 13.0. The predicted octanol–water partition coefficient (Wildman–Crippen LogP) is 4.09. The third-order valence-electron chi connectivity index (χ3n) is 3.01. The molecule has 0 heterocycles. The second-order valence-corrected chi connectivity index (χ2v) is 5.26. The first-order chi connectivity index (χ1) is 9.61. The van der Waals surface area contributed by atoms with Gasteiger partial charge in [0, 0.05) is 18.0 Å². The van der Waals surface area contributed by atoms with E-state index in [1.54, 1.807) is 6.07 Å². The van der Waals surface area contributed by atoms with Crippen LogP contribution in [0.1, 0.15) is 17.2 Å². The van der Waals surface area contributed by atoms with Crippen molar-refractivity contribution in [1.29, 1.82) is 0 Å². The lowest BCUT2D eigenvalue weighted by Crippen LogP contribution is -2.17. The van der Waals surface area contributed by atoms with Gasteiger partial charge in [-0.2, -0.15) is 0 Å². The number of halogens is 2. The third-order valence-corrected chi connectivity index (χ3v) is 3.75. The fraction of sp³-hybridized carbons (Fsp3) is 0.188. The van der Waals surface area contributed by atoms with Crippen LogP contribution in [0.2, 0.25) is 0 Å². The zero-order valence-electron chi connectivity index (χ0n) is 11.0. The first kappa shape index (κ1) is 14.9. The summed E-state index contributed by atoms with van der Waals surface area (Å²) in [5, 5.41) is 0. The van der Waals surface area contributed by atoms with E-state index in [1.165, 1.54) is 19.2 Å². The molecule has 2 aromatic rings. The Morgan fingerprint density at radius 3 is 2.55 bits per heavy atom. The van der Waals surface area contributed by atoms with Crippen LogP contribution in [0.5, 0.6) is 0 Å². The van der Waals surface area contributed by atoms with E-state index in [9.17, 15) is 9.18 Å². The van der Waals surface area contributed by atoms with E-state index in [4.69, 9.17) is 4.74 Å². The van der Waals surface area contributed by atoms with Gasteiger partial charge in [0.25, 0.3) is 0 Å². The lowest BCUT2D eigenvalue weighted by molar-refractivity contribution is -0.128. The Bertz CT molecular complexity index is 599. The summed E-state index contributed by atoms with van der Waals surface area (Å²) in [5.41, 5.74) is 1.56. The van der Waals surface area contributed by atoms with Crippen molar-refractivity contribution in [2.75, 3.05) is 7.11 Å². The normalized spacial score (nSPS) is 12.2. The van der Waals surface area contributed by atoms with E-state index in [-0.39, 0.29) is 18.0 Å². The maximum Gasteiger partial charge on any atom is 0.170 e. The second kappa shape index (κ2) is 6.77. The number of carbonyl (C=O) groups is 1. The van der Waals surface area contributed by atoms with Crippen molar-refractivity contribution in [1.82, 2.24) is 0 Å². The van der Waals surface area contributed by atoms with Crippen molar-refractivity contribution in [2.45, 2.75) is 12.5 Å². The summed E-state index contributed by atoms with van der Waals surface area (Å²) in [6.45, 7) is 0. The van der Waals surface area contributed by atoms with Gasteiger partial charge in [-0.05, 0) is 23.3 Å². The molecule has 0 bridgehead atoms. The zero-order chi connectivity index (χ0) is 14.5. The SMILES string of the molecule is COC(C(=O)Cc1ccc(F)cc1Br)c1ccccc1. The zero-order valence-corrected chi connectivity index (χ0v) is 12.6. The molecule has 0 aromatic heterocycles. The maximum atomic E-state index is 13.0. The van der Waals surface area contributed by atoms with Crippen LogP contribution in [0.3, 0.4) is 0 Å². The molecular weight excluding hydrogens is 323 g/mol. The summed E-state index contributed by atoms with van der Waals surface area (Å²) in [6.07, 6.45) is -0.415. The highest BCUT2D eigenvalue weighted by atomic mass is 79.9. The quantitative estimate of drug-likeness (QED) is 0.822. The van der Waals surface area contributed by atoms with Gasteiger partial charge in [-0.25, -0.2) is 4.39 Å². The molecule has 0 fully saturated rings. The third kappa shape index (κ3) is 3.52. The highest BCUT2D eigenvalue weighted by Crippen LogP contribution is 2.23. The standard InChI is InChI=1S/C16H14BrFO2/c1-20-16(11-5-3-2-4-6-11)15(19)9-12-7-8-13(18)10-14(12)17/h2-8,10,16H,9H2,1H3. The van der Waals surface area contributed by atoms with Crippen LogP contribution < -0.4 is 0 Å². The first-order valence-corrected chi connectivity index (χ1v) is 6.95. The van der Waals surface area contributed by atoms with Gasteiger partial charge in [-0.3, -0.25) is 4.79 Å². The average molecular weight is 337 g/mol. The highest BCUT2D eigenvalue weighted by molar-refractivity contribution is 9.10. The molecule has 20 heavy (non-hydrogen) atoms. The fourth-order valence-electron chi connectivity index (χ4n) is 2.03. The Labute approximate surface area is 125 Å². The molecule has 2 nitrogen and oxygen atoms in total. The van der Waals surface area contributed by atoms with Crippen molar-refractivity contribution in [3.8, 4) is 0 Å². The summed E-state index contributed by atoms with van der Waals surface area (Å²) in [7, 11) is 1.51. The van der Waals surface area contributed by atoms with Crippen LogP contribution >= 0.6 is 15.9 Å². The largest absolute Gasteiger partial charge is 0.369 e. The molecule has 0 N–H and O–H groups in total. The Balaban J connectivity index is 2.18. The predicted molar refractivity (Wildman–Crippen MR) is 79.0 cm³/mol. The molecule has 1 unspecified atom stereocenters. The molecule has 0 spiro atoms. The number of carbonyl (C=O) groups excluding carboxylic acids is 1. The molecule has 0 aliphatic rings. The molecule has 0 aliphatic carbocycles. The van der Waals surface area contributed by atoms with Gasteiger partial charge >= 0.3 is 0 Å². The number of rotatable bonds is 5. The molecule has 0 aliphatic heterocycles. The molecule has 0 radical (unpaired) electrons. The number of ether oxygens (including phenoxy) is 1. The number of Topliss-reactive ketones (excluding diaryl/α,β-unsaturated/α-hetero) is 1. The summed E-state index contributed by atoms with van der Waals surface area (Å²) in [4.78, 5) is 12.3. The molecule has 0 saturated carbocycles. The van der Waals surface area contributed by atoms with Crippen molar-refractivity contribution in [3.05, 3.63) is 69.9 Å². The number of benzene rings is 2. The molecule has 2 rings (SSSR count). The minimum Gasteiger partial charge on any atom is -0.369 e. The molecule has 2 aromatic carbocycles. The van der Waals surface area contributed by atoms with Crippen LogP contribution in [0.25, 0.3) is 0 Å². The first-order valence-electron chi connectivity index (χ1n) is 6.16. The van der Waals surface area contributed by atoms with Gasteiger partial charge < -0.3 is 4.74 Å². The lowest BCUT2D eigenvalue weighted by atomic mass is 10.00. The van der Waals surface area contributed by atoms with Crippen molar-refractivity contribution in [3.63, 3.8) is 0 Å². The highest BCUT2D eigenvalue weighted by Gasteiger charge is 2.20. The molecule has 4 heteroatoms. The van der Waals surface area contributed by atoms with Gasteiger partial charge in [-0.1, -0.05) is 52.3 Å². The molecule has 104 valence electrons. The summed E-state index contributed by atoms with van der Waals surface area (Å²) in [5.74, 6) is -0.398. The Kier molecular flexibility index (Phi) is 5.04. The number of hydrogen-bond donors (Lipinski definition) is 0. The van der Waals surface area contributed by atoms with Crippen molar-refractivity contribution >= 4 is 21.7 Å². The fourth-order valence-corrected chi connectivity index (χ4v) is 2.52. The van der Waals surface area contributed by atoms with Crippen LogP contribution in [0, 0.1) is 5.82 Å². The van der Waals surface area contributed by atoms with E-state index < -0.39 is 6.10 Å². The van der Waals surface area contributed by atoms with Crippen molar-refractivity contribution in [2.24, 2.45) is 0 Å². The molecule has 0 amide bonds. The van der Waals surface area contributed by atoms with Crippen LogP contribution in [-0.2, 0) is 16.0 Å². The van der Waals surface area contributed by atoms with Gasteiger partial charge in [0.1, 0.15) is 11.9 Å². The van der Waals surface area contributed by atoms with Crippen molar-refractivity contribution < 1.29 is 13.9 Å². The van der Waals surface area contributed by atoms with Gasteiger partial charge in [0.05, 0.1) is 0 Å². The van der Waals surface area contributed by atoms with E-state index in [2.05, 4.69) is 15.9 Å². The average Bonchev–Trinajstić information content (AvgIpc) is 2.44. The number of hydrogen-bond acceptors (Lipinski definition) is 2. The van der Waals surface area contributed by atoms with Crippen LogP contribution in [0.4, 0.5) is 4.39 Å². The van der Waals surface area contributed by atoms with E-state index in [1.807, 2.05) is 30.3 Å². The lowest BCUT2D eigenvalue weighted by Gasteiger charge is -2.15. The second-order valence-electron chi connectivity index (χ2n) is 4.41.